The Bertz CT molecular complexity index is 1320. The highest BCUT2D eigenvalue weighted by molar-refractivity contribution is 7.18. The summed E-state index contributed by atoms with van der Waals surface area (Å²) in [4.78, 5) is 36.6. The Balaban J connectivity index is 1.26. The molecule has 158 valence electrons. The molecule has 0 unspecified atom stereocenters. The van der Waals surface area contributed by atoms with Crippen LogP contribution in [0.3, 0.4) is 0 Å². The summed E-state index contributed by atoms with van der Waals surface area (Å²) in [5, 5.41) is 6.72. The minimum Gasteiger partial charge on any atom is -0.326 e. The van der Waals surface area contributed by atoms with E-state index in [2.05, 4.69) is 15.3 Å². The average molecular weight is 451 g/mol. The van der Waals surface area contributed by atoms with Crippen molar-refractivity contribution in [3.05, 3.63) is 61.8 Å². The highest BCUT2D eigenvalue weighted by Crippen LogP contribution is 2.33. The van der Waals surface area contributed by atoms with E-state index in [1.807, 2.05) is 36.6 Å². The maximum Gasteiger partial charge on any atom is 0.262 e. The predicted molar refractivity (Wildman–Crippen MR) is 126 cm³/mol. The number of nitrogens with one attached hydrogen (secondary N) is 1. The van der Waals surface area contributed by atoms with Crippen LogP contribution in [-0.2, 0) is 24.2 Å². The summed E-state index contributed by atoms with van der Waals surface area (Å²) in [7, 11) is 0. The second-order valence-corrected chi connectivity index (χ2v) is 9.91. The number of carbonyl (C=O) groups is 1. The molecule has 0 aliphatic heterocycles. The predicted octanol–water partition coefficient (Wildman–Crippen LogP) is 4.80. The van der Waals surface area contributed by atoms with E-state index in [4.69, 9.17) is 0 Å². The van der Waals surface area contributed by atoms with Crippen LogP contribution in [0.15, 0.2) is 40.8 Å². The summed E-state index contributed by atoms with van der Waals surface area (Å²) in [5.41, 5.74) is 3.84. The van der Waals surface area contributed by atoms with Crippen LogP contribution in [0.1, 0.15) is 34.7 Å². The van der Waals surface area contributed by atoms with Crippen LogP contribution in [0, 0.1) is 6.92 Å². The second kappa shape index (κ2) is 8.36. The molecule has 1 N–H and O–H groups in total. The van der Waals surface area contributed by atoms with Gasteiger partial charge in [0.25, 0.3) is 5.56 Å². The lowest BCUT2D eigenvalue weighted by Gasteiger charge is -2.10. The molecule has 8 heteroatoms. The number of aromatic nitrogens is 3. The van der Waals surface area contributed by atoms with Gasteiger partial charge in [0.05, 0.1) is 22.4 Å². The highest BCUT2D eigenvalue weighted by atomic mass is 32.1. The number of amides is 1. The Hall–Kier alpha value is -2.84. The number of rotatable bonds is 5. The number of aryl methyl sites for hydroxylation is 4. The minimum atomic E-state index is -0.128. The van der Waals surface area contributed by atoms with Crippen molar-refractivity contribution in [3.63, 3.8) is 0 Å². The summed E-state index contributed by atoms with van der Waals surface area (Å²) < 4.78 is 1.57. The molecule has 31 heavy (non-hydrogen) atoms. The van der Waals surface area contributed by atoms with Crippen molar-refractivity contribution in [2.45, 2.75) is 45.6 Å². The van der Waals surface area contributed by atoms with Gasteiger partial charge >= 0.3 is 0 Å². The zero-order valence-corrected chi connectivity index (χ0v) is 18.8. The van der Waals surface area contributed by atoms with Gasteiger partial charge in [-0.2, -0.15) is 0 Å². The Morgan fingerprint density at radius 2 is 2.00 bits per heavy atom. The van der Waals surface area contributed by atoms with E-state index in [0.717, 1.165) is 51.4 Å². The molecule has 0 saturated carbocycles. The Kier molecular flexibility index (Phi) is 5.41. The van der Waals surface area contributed by atoms with Crippen LogP contribution in [0.25, 0.3) is 21.5 Å². The van der Waals surface area contributed by atoms with E-state index < -0.39 is 0 Å². The largest absolute Gasteiger partial charge is 0.326 e. The van der Waals surface area contributed by atoms with Gasteiger partial charge in [0, 0.05) is 34.5 Å². The molecule has 1 aliphatic carbocycles. The molecule has 0 bridgehead atoms. The third-order valence-electron chi connectivity index (χ3n) is 5.61. The van der Waals surface area contributed by atoms with Crippen molar-refractivity contribution < 1.29 is 4.79 Å². The zero-order valence-electron chi connectivity index (χ0n) is 17.2. The molecule has 3 heterocycles. The van der Waals surface area contributed by atoms with Gasteiger partial charge in [0.1, 0.15) is 4.83 Å². The molecule has 0 spiro atoms. The van der Waals surface area contributed by atoms with Crippen molar-refractivity contribution in [2.75, 3.05) is 5.32 Å². The quantitative estimate of drug-likeness (QED) is 0.474. The Morgan fingerprint density at radius 1 is 1.19 bits per heavy atom. The lowest BCUT2D eigenvalue weighted by molar-refractivity contribution is -0.116. The first kappa shape index (κ1) is 20.1. The van der Waals surface area contributed by atoms with Crippen molar-refractivity contribution >= 4 is 44.5 Å². The molecule has 1 aliphatic rings. The molecule has 0 atom stereocenters. The lowest BCUT2D eigenvalue weighted by Crippen LogP contribution is -2.24. The zero-order chi connectivity index (χ0) is 21.4. The van der Waals surface area contributed by atoms with Crippen LogP contribution in [-0.4, -0.2) is 20.4 Å². The molecular weight excluding hydrogens is 428 g/mol. The number of fused-ring (bicyclic) bond motifs is 3. The SMILES string of the molecule is Cc1nc(-c2ccc(NC(=O)CCn3cnc4sc5c(c4c3=O)CCCC5)cc2)cs1. The first-order chi connectivity index (χ1) is 15.1. The maximum atomic E-state index is 13.0. The number of thiophene rings is 1. The maximum absolute atomic E-state index is 13.0. The summed E-state index contributed by atoms with van der Waals surface area (Å²) in [5.74, 6) is -0.128. The van der Waals surface area contributed by atoms with Gasteiger partial charge in [-0.3, -0.25) is 14.2 Å². The molecule has 4 aromatic rings. The van der Waals surface area contributed by atoms with Gasteiger partial charge < -0.3 is 5.32 Å². The standard InChI is InChI=1S/C23H22N4O2S2/c1-14-25-18(12-30-14)15-6-8-16(9-7-15)26-20(28)10-11-27-13-24-22-21(23(27)29)17-4-2-3-5-19(17)31-22/h6-9,12-13H,2-5,10-11H2,1H3,(H,26,28). The van der Waals surface area contributed by atoms with Crippen molar-refractivity contribution in [3.8, 4) is 11.3 Å². The van der Waals surface area contributed by atoms with Gasteiger partial charge in [-0.25, -0.2) is 9.97 Å². The number of hydrogen-bond acceptors (Lipinski definition) is 6. The first-order valence-electron chi connectivity index (χ1n) is 10.4. The van der Waals surface area contributed by atoms with Crippen LogP contribution < -0.4 is 10.9 Å². The van der Waals surface area contributed by atoms with Crippen molar-refractivity contribution in [1.82, 2.24) is 14.5 Å². The normalized spacial score (nSPS) is 13.3. The van der Waals surface area contributed by atoms with E-state index in [1.54, 1.807) is 33.6 Å². The second-order valence-electron chi connectivity index (χ2n) is 7.76. The van der Waals surface area contributed by atoms with Crippen LogP contribution >= 0.6 is 22.7 Å². The molecule has 0 saturated heterocycles. The summed E-state index contributed by atoms with van der Waals surface area (Å²) in [6, 6.07) is 7.65. The number of thiazole rings is 1. The third-order valence-corrected chi connectivity index (χ3v) is 7.58. The Labute approximate surface area is 187 Å². The fourth-order valence-corrected chi connectivity index (χ4v) is 5.85. The van der Waals surface area contributed by atoms with Crippen LogP contribution in [0.2, 0.25) is 0 Å². The summed E-state index contributed by atoms with van der Waals surface area (Å²) in [6.45, 7) is 2.29. The summed E-state index contributed by atoms with van der Waals surface area (Å²) in [6.07, 6.45) is 6.08. The van der Waals surface area contributed by atoms with Crippen molar-refractivity contribution in [1.29, 1.82) is 0 Å². The fourth-order valence-electron chi connectivity index (χ4n) is 4.01. The molecule has 0 fully saturated rings. The minimum absolute atomic E-state index is 0.0277. The highest BCUT2D eigenvalue weighted by Gasteiger charge is 2.20. The average Bonchev–Trinajstić information content (AvgIpc) is 3.37. The molecule has 3 aromatic heterocycles. The number of benzene rings is 1. The monoisotopic (exact) mass is 450 g/mol. The van der Waals surface area contributed by atoms with Crippen LogP contribution in [0.5, 0.6) is 0 Å². The van der Waals surface area contributed by atoms with Crippen molar-refractivity contribution in [2.24, 2.45) is 0 Å². The van der Waals surface area contributed by atoms with Gasteiger partial charge in [0.15, 0.2) is 0 Å². The van der Waals surface area contributed by atoms with E-state index in [1.165, 1.54) is 16.9 Å². The van der Waals surface area contributed by atoms with Gasteiger partial charge in [-0.1, -0.05) is 12.1 Å². The molecular formula is C23H22N4O2S2. The molecule has 6 nitrogen and oxygen atoms in total. The van der Waals surface area contributed by atoms with Gasteiger partial charge in [-0.15, -0.1) is 22.7 Å². The smallest absolute Gasteiger partial charge is 0.262 e. The number of nitrogens with zero attached hydrogens (tertiary/aromatic N) is 3. The van der Waals surface area contributed by atoms with E-state index >= 15 is 0 Å². The lowest BCUT2D eigenvalue weighted by atomic mass is 9.97. The number of hydrogen-bond donors (Lipinski definition) is 1. The summed E-state index contributed by atoms with van der Waals surface area (Å²) >= 11 is 3.26. The van der Waals surface area contributed by atoms with E-state index in [-0.39, 0.29) is 17.9 Å². The van der Waals surface area contributed by atoms with Gasteiger partial charge in [0.2, 0.25) is 5.91 Å². The molecule has 5 rings (SSSR count). The topological polar surface area (TPSA) is 76.9 Å². The number of anilines is 1. The van der Waals surface area contributed by atoms with E-state index in [0.29, 0.717) is 6.54 Å². The van der Waals surface area contributed by atoms with Crippen LogP contribution in [0.4, 0.5) is 5.69 Å². The number of carbonyl (C=O) groups excluding carboxylic acids is 1. The third kappa shape index (κ3) is 4.05. The van der Waals surface area contributed by atoms with E-state index in [9.17, 15) is 9.59 Å². The Morgan fingerprint density at radius 3 is 2.77 bits per heavy atom. The first-order valence-corrected chi connectivity index (χ1v) is 12.1. The molecule has 1 amide bonds. The van der Waals surface area contributed by atoms with Gasteiger partial charge in [-0.05, 0) is 50.3 Å². The fraction of sp³-hybridized carbons (Fsp3) is 0.304. The molecule has 0 radical (unpaired) electrons. The molecule has 1 aromatic carbocycles.